The van der Waals surface area contributed by atoms with Gasteiger partial charge in [-0.1, -0.05) is 49.7 Å². The molecule has 0 aliphatic heterocycles. The van der Waals surface area contributed by atoms with Crippen LogP contribution in [0.5, 0.6) is 0 Å². The van der Waals surface area contributed by atoms with Crippen molar-refractivity contribution in [1.29, 1.82) is 0 Å². The zero-order chi connectivity index (χ0) is 14.8. The molecular weight excluding hydrogens is 280 g/mol. The predicted molar refractivity (Wildman–Crippen MR) is 91.2 cm³/mol. The second-order valence-electron chi connectivity index (χ2n) is 5.60. The Bertz CT molecular complexity index is 759. The van der Waals surface area contributed by atoms with Crippen LogP contribution in [0.25, 0.3) is 10.9 Å². The number of benzene rings is 2. The maximum absolute atomic E-state index is 6.02. The van der Waals surface area contributed by atoms with E-state index in [2.05, 4.69) is 54.5 Å². The van der Waals surface area contributed by atoms with Crippen LogP contribution in [0, 0.1) is 0 Å². The zero-order valence-corrected chi connectivity index (χ0v) is 13.0. The van der Waals surface area contributed by atoms with Gasteiger partial charge in [0.1, 0.15) is 0 Å². The molecule has 0 saturated carbocycles. The van der Waals surface area contributed by atoms with Gasteiger partial charge in [0, 0.05) is 34.4 Å². The van der Waals surface area contributed by atoms with Crippen molar-refractivity contribution in [3.8, 4) is 0 Å². The van der Waals surface area contributed by atoms with Crippen LogP contribution in [-0.4, -0.2) is 4.98 Å². The standard InChI is InChI=1S/C18H19ClN2/c1-12(2)15-5-3-4-6-17(15)20-10-13-11-21-18-9-14(19)7-8-16(13)18/h3-9,11-12,20-21H,10H2,1-2H3. The number of aromatic amines is 1. The fraction of sp³-hybridized carbons (Fsp3) is 0.222. The van der Waals surface area contributed by atoms with Crippen LogP contribution in [0.4, 0.5) is 5.69 Å². The minimum Gasteiger partial charge on any atom is -0.381 e. The number of aromatic nitrogens is 1. The monoisotopic (exact) mass is 298 g/mol. The Morgan fingerprint density at radius 1 is 1.14 bits per heavy atom. The van der Waals surface area contributed by atoms with Crippen LogP contribution < -0.4 is 5.32 Å². The summed E-state index contributed by atoms with van der Waals surface area (Å²) in [6, 6.07) is 14.5. The second-order valence-corrected chi connectivity index (χ2v) is 6.04. The Morgan fingerprint density at radius 3 is 2.76 bits per heavy atom. The van der Waals surface area contributed by atoms with Gasteiger partial charge in [0.2, 0.25) is 0 Å². The van der Waals surface area contributed by atoms with Gasteiger partial charge in [-0.25, -0.2) is 0 Å². The molecule has 2 nitrogen and oxygen atoms in total. The van der Waals surface area contributed by atoms with Gasteiger partial charge >= 0.3 is 0 Å². The molecule has 0 saturated heterocycles. The summed E-state index contributed by atoms with van der Waals surface area (Å²) in [5.74, 6) is 0.510. The van der Waals surface area contributed by atoms with Crippen molar-refractivity contribution in [1.82, 2.24) is 4.98 Å². The quantitative estimate of drug-likeness (QED) is 0.648. The fourth-order valence-corrected chi connectivity index (χ4v) is 2.83. The number of rotatable bonds is 4. The predicted octanol–water partition coefficient (Wildman–Crippen LogP) is 5.56. The molecule has 0 atom stereocenters. The summed E-state index contributed by atoms with van der Waals surface area (Å²) in [5.41, 5.74) is 4.88. The van der Waals surface area contributed by atoms with E-state index in [0.717, 1.165) is 17.1 Å². The first-order valence-corrected chi connectivity index (χ1v) is 7.61. The Morgan fingerprint density at radius 2 is 1.95 bits per heavy atom. The summed E-state index contributed by atoms with van der Waals surface area (Å²) in [4.78, 5) is 3.28. The lowest BCUT2D eigenvalue weighted by atomic mass is 10.0. The first-order valence-electron chi connectivity index (χ1n) is 7.23. The van der Waals surface area contributed by atoms with Crippen molar-refractivity contribution in [2.24, 2.45) is 0 Å². The summed E-state index contributed by atoms with van der Waals surface area (Å²) in [7, 11) is 0. The lowest BCUT2D eigenvalue weighted by molar-refractivity contribution is 0.865. The molecule has 0 aliphatic rings. The minimum atomic E-state index is 0.510. The van der Waals surface area contributed by atoms with Crippen LogP contribution in [0.2, 0.25) is 5.02 Å². The molecule has 108 valence electrons. The van der Waals surface area contributed by atoms with E-state index < -0.39 is 0 Å². The molecule has 1 aromatic heterocycles. The number of anilines is 1. The van der Waals surface area contributed by atoms with E-state index in [4.69, 9.17) is 11.6 Å². The lowest BCUT2D eigenvalue weighted by Gasteiger charge is -2.14. The molecule has 3 rings (SSSR count). The summed E-state index contributed by atoms with van der Waals surface area (Å²) in [6.45, 7) is 5.23. The highest BCUT2D eigenvalue weighted by atomic mass is 35.5. The molecule has 3 heteroatoms. The third kappa shape index (κ3) is 2.91. The highest BCUT2D eigenvalue weighted by molar-refractivity contribution is 6.31. The topological polar surface area (TPSA) is 27.8 Å². The molecule has 0 spiro atoms. The molecule has 1 heterocycles. The molecule has 0 bridgehead atoms. The van der Waals surface area contributed by atoms with Crippen molar-refractivity contribution in [2.45, 2.75) is 26.3 Å². The van der Waals surface area contributed by atoms with Gasteiger partial charge in [0.05, 0.1) is 0 Å². The van der Waals surface area contributed by atoms with Gasteiger partial charge in [0.25, 0.3) is 0 Å². The lowest BCUT2D eigenvalue weighted by Crippen LogP contribution is -2.02. The van der Waals surface area contributed by atoms with E-state index in [1.54, 1.807) is 0 Å². The van der Waals surface area contributed by atoms with E-state index in [9.17, 15) is 0 Å². The Balaban J connectivity index is 1.84. The van der Waals surface area contributed by atoms with E-state index in [0.29, 0.717) is 5.92 Å². The van der Waals surface area contributed by atoms with Crippen LogP contribution >= 0.6 is 11.6 Å². The number of H-pyrrole nitrogens is 1. The van der Waals surface area contributed by atoms with Gasteiger partial charge in [-0.3, -0.25) is 0 Å². The summed E-state index contributed by atoms with van der Waals surface area (Å²) < 4.78 is 0. The average molecular weight is 299 g/mol. The van der Waals surface area contributed by atoms with E-state index in [1.165, 1.54) is 22.2 Å². The number of halogens is 1. The third-order valence-electron chi connectivity index (χ3n) is 3.78. The molecule has 21 heavy (non-hydrogen) atoms. The van der Waals surface area contributed by atoms with E-state index in [1.807, 2.05) is 18.3 Å². The number of para-hydroxylation sites is 1. The first-order chi connectivity index (χ1) is 10.1. The maximum Gasteiger partial charge on any atom is 0.0472 e. The second kappa shape index (κ2) is 5.82. The van der Waals surface area contributed by atoms with Gasteiger partial charge in [0.15, 0.2) is 0 Å². The maximum atomic E-state index is 6.02. The third-order valence-corrected chi connectivity index (χ3v) is 4.02. The summed E-state index contributed by atoms with van der Waals surface area (Å²) >= 11 is 6.02. The number of hydrogen-bond acceptors (Lipinski definition) is 1. The highest BCUT2D eigenvalue weighted by Gasteiger charge is 2.07. The fourth-order valence-electron chi connectivity index (χ4n) is 2.66. The van der Waals surface area contributed by atoms with Gasteiger partial charge in [-0.15, -0.1) is 0 Å². The van der Waals surface area contributed by atoms with Gasteiger partial charge < -0.3 is 10.3 Å². The average Bonchev–Trinajstić information content (AvgIpc) is 2.87. The van der Waals surface area contributed by atoms with Crippen LogP contribution in [-0.2, 0) is 6.54 Å². The molecule has 0 unspecified atom stereocenters. The van der Waals surface area contributed by atoms with Crippen molar-refractivity contribution < 1.29 is 0 Å². The molecule has 0 fully saturated rings. The zero-order valence-electron chi connectivity index (χ0n) is 12.3. The highest BCUT2D eigenvalue weighted by Crippen LogP contribution is 2.26. The smallest absolute Gasteiger partial charge is 0.0472 e. The summed E-state index contributed by atoms with van der Waals surface area (Å²) in [5, 5.41) is 5.53. The van der Waals surface area contributed by atoms with Crippen LogP contribution in [0.1, 0.15) is 30.9 Å². The molecule has 0 radical (unpaired) electrons. The molecular formula is C18H19ClN2. The summed E-state index contributed by atoms with van der Waals surface area (Å²) in [6.07, 6.45) is 2.05. The van der Waals surface area contributed by atoms with Gasteiger partial charge in [-0.2, -0.15) is 0 Å². The largest absolute Gasteiger partial charge is 0.381 e. The number of nitrogens with one attached hydrogen (secondary N) is 2. The number of hydrogen-bond donors (Lipinski definition) is 2. The van der Waals surface area contributed by atoms with E-state index in [-0.39, 0.29) is 0 Å². The van der Waals surface area contributed by atoms with Crippen LogP contribution in [0.3, 0.4) is 0 Å². The molecule has 2 aromatic carbocycles. The molecule has 2 N–H and O–H groups in total. The van der Waals surface area contributed by atoms with Crippen molar-refractivity contribution in [3.63, 3.8) is 0 Å². The normalized spacial score (nSPS) is 11.2. The Hall–Kier alpha value is -1.93. The molecule has 3 aromatic rings. The van der Waals surface area contributed by atoms with Crippen molar-refractivity contribution in [2.75, 3.05) is 5.32 Å². The van der Waals surface area contributed by atoms with Gasteiger partial charge in [-0.05, 0) is 35.2 Å². The first kappa shape index (κ1) is 14.0. The van der Waals surface area contributed by atoms with Crippen LogP contribution in [0.15, 0.2) is 48.7 Å². The SMILES string of the molecule is CC(C)c1ccccc1NCc1c[nH]c2cc(Cl)ccc12. The van der Waals surface area contributed by atoms with E-state index >= 15 is 0 Å². The molecule has 0 aliphatic carbocycles. The Kier molecular flexibility index (Phi) is 3.89. The van der Waals surface area contributed by atoms with Crippen molar-refractivity contribution in [3.05, 3.63) is 64.8 Å². The molecule has 0 amide bonds. The number of fused-ring (bicyclic) bond motifs is 1. The Labute approximate surface area is 130 Å². The minimum absolute atomic E-state index is 0.510. The van der Waals surface area contributed by atoms with Crippen molar-refractivity contribution >= 4 is 28.2 Å².